The van der Waals surface area contributed by atoms with E-state index in [-0.39, 0.29) is 22.9 Å². The summed E-state index contributed by atoms with van der Waals surface area (Å²) in [6.07, 6.45) is 0. The molecule has 1 aromatic carbocycles. The summed E-state index contributed by atoms with van der Waals surface area (Å²) in [7, 11) is -3.44. The molecule has 1 aliphatic heterocycles. The summed E-state index contributed by atoms with van der Waals surface area (Å²) in [5.74, 6) is -2.97. The molecule has 0 fully saturated rings. The van der Waals surface area contributed by atoms with Gasteiger partial charge in [0.15, 0.2) is 9.84 Å². The van der Waals surface area contributed by atoms with Gasteiger partial charge in [-0.25, -0.2) is 13.2 Å². The number of aryl methyl sites for hydroxylation is 1. The molecular formula is C11H11NO5S. The number of aliphatic carboxylic acids is 1. The van der Waals surface area contributed by atoms with Gasteiger partial charge in [-0.1, -0.05) is 6.07 Å². The third-order valence-corrected chi connectivity index (χ3v) is 4.47. The van der Waals surface area contributed by atoms with Crippen LogP contribution in [-0.4, -0.2) is 37.7 Å². The van der Waals surface area contributed by atoms with Crippen molar-refractivity contribution >= 4 is 27.4 Å². The van der Waals surface area contributed by atoms with Crippen molar-refractivity contribution in [3.8, 4) is 0 Å². The Bertz CT molecular complexity index is 635. The Hall–Kier alpha value is -1.89. The molecule has 0 saturated heterocycles. The van der Waals surface area contributed by atoms with E-state index in [4.69, 9.17) is 5.11 Å². The van der Waals surface area contributed by atoms with Crippen molar-refractivity contribution < 1.29 is 23.1 Å². The van der Waals surface area contributed by atoms with Gasteiger partial charge in [0.05, 0.1) is 16.3 Å². The van der Waals surface area contributed by atoms with Crippen LogP contribution in [0.15, 0.2) is 23.1 Å². The third kappa shape index (κ3) is 1.97. The Balaban J connectivity index is 2.61. The van der Waals surface area contributed by atoms with Crippen LogP contribution in [0.25, 0.3) is 0 Å². The Morgan fingerprint density at radius 2 is 2.00 bits per heavy atom. The van der Waals surface area contributed by atoms with E-state index in [1.165, 1.54) is 12.1 Å². The van der Waals surface area contributed by atoms with Gasteiger partial charge in [-0.05, 0) is 24.6 Å². The summed E-state index contributed by atoms with van der Waals surface area (Å²) >= 11 is 0. The van der Waals surface area contributed by atoms with Crippen molar-refractivity contribution in [2.75, 3.05) is 17.2 Å². The molecule has 0 bridgehead atoms. The van der Waals surface area contributed by atoms with Crippen LogP contribution in [0.3, 0.4) is 0 Å². The molecule has 0 saturated carbocycles. The topological polar surface area (TPSA) is 91.8 Å². The number of benzene rings is 1. The molecule has 0 aromatic heterocycles. The predicted octanol–water partition coefficient (Wildman–Crippen LogP) is 0.200. The van der Waals surface area contributed by atoms with Crippen molar-refractivity contribution in [1.29, 1.82) is 0 Å². The molecule has 1 heterocycles. The maximum Gasteiger partial charge on any atom is 0.394 e. The largest absolute Gasteiger partial charge is 0.474 e. The van der Waals surface area contributed by atoms with Crippen LogP contribution >= 0.6 is 0 Å². The van der Waals surface area contributed by atoms with E-state index in [1.807, 2.05) is 0 Å². The minimum Gasteiger partial charge on any atom is -0.474 e. The summed E-state index contributed by atoms with van der Waals surface area (Å²) < 4.78 is 23.8. The van der Waals surface area contributed by atoms with Crippen LogP contribution in [-0.2, 0) is 19.4 Å². The third-order valence-electron chi connectivity index (χ3n) is 2.75. The minimum absolute atomic E-state index is 0.0170. The van der Waals surface area contributed by atoms with E-state index < -0.39 is 21.7 Å². The lowest BCUT2D eigenvalue weighted by molar-refractivity contribution is -0.148. The van der Waals surface area contributed by atoms with Gasteiger partial charge < -0.3 is 10.0 Å². The van der Waals surface area contributed by atoms with Gasteiger partial charge in [-0.15, -0.1) is 0 Å². The van der Waals surface area contributed by atoms with Gasteiger partial charge in [0, 0.05) is 6.54 Å². The van der Waals surface area contributed by atoms with E-state index in [1.54, 1.807) is 13.0 Å². The van der Waals surface area contributed by atoms with Crippen molar-refractivity contribution in [2.24, 2.45) is 0 Å². The first-order valence-corrected chi connectivity index (χ1v) is 6.86. The maximum absolute atomic E-state index is 11.9. The highest BCUT2D eigenvalue weighted by Gasteiger charge is 2.33. The van der Waals surface area contributed by atoms with Gasteiger partial charge in [0.25, 0.3) is 0 Å². The number of carboxylic acids is 1. The molecule has 0 atom stereocenters. The van der Waals surface area contributed by atoms with E-state index in [9.17, 15) is 18.0 Å². The first kappa shape index (κ1) is 12.6. The highest BCUT2D eigenvalue weighted by Crippen LogP contribution is 2.31. The molecule has 7 heteroatoms. The second-order valence-corrected chi connectivity index (χ2v) is 6.13. The fraction of sp³-hybridized carbons (Fsp3) is 0.273. The zero-order chi connectivity index (χ0) is 13.5. The molecule has 6 nitrogen and oxygen atoms in total. The Labute approximate surface area is 104 Å². The summed E-state index contributed by atoms with van der Waals surface area (Å²) in [6, 6.07) is 4.55. The molecule has 2 rings (SSSR count). The number of carbonyl (C=O) groups is 2. The Morgan fingerprint density at radius 1 is 1.33 bits per heavy atom. The average Bonchev–Trinajstić information content (AvgIpc) is 2.29. The number of anilines is 1. The minimum atomic E-state index is -3.44. The quantitative estimate of drug-likeness (QED) is 0.679. The molecule has 1 amide bonds. The SMILES string of the molecule is Cc1ccc2c(c1)S(=O)(=O)CCN2C(=O)C(=O)O. The normalized spacial score (nSPS) is 17.1. The number of sulfone groups is 1. The number of nitrogens with zero attached hydrogens (tertiary/aromatic N) is 1. The van der Waals surface area contributed by atoms with Gasteiger partial charge >= 0.3 is 11.9 Å². The molecule has 1 aliphatic rings. The van der Waals surface area contributed by atoms with Crippen LogP contribution in [0.1, 0.15) is 5.56 Å². The van der Waals surface area contributed by atoms with Crippen molar-refractivity contribution in [3.05, 3.63) is 23.8 Å². The molecule has 0 unspecified atom stereocenters. The number of hydrogen-bond acceptors (Lipinski definition) is 4. The van der Waals surface area contributed by atoms with E-state index in [0.29, 0.717) is 0 Å². The smallest absolute Gasteiger partial charge is 0.394 e. The molecule has 0 aliphatic carbocycles. The molecular weight excluding hydrogens is 258 g/mol. The number of fused-ring (bicyclic) bond motifs is 1. The molecule has 1 aromatic rings. The zero-order valence-electron chi connectivity index (χ0n) is 9.58. The highest BCUT2D eigenvalue weighted by molar-refractivity contribution is 7.91. The van der Waals surface area contributed by atoms with Crippen LogP contribution in [0.2, 0.25) is 0 Å². The predicted molar refractivity (Wildman–Crippen MR) is 63.2 cm³/mol. The summed E-state index contributed by atoms with van der Waals surface area (Å²) in [5, 5.41) is 8.70. The van der Waals surface area contributed by atoms with Gasteiger partial charge in [-0.2, -0.15) is 0 Å². The van der Waals surface area contributed by atoms with Crippen LogP contribution in [0, 0.1) is 6.92 Å². The van der Waals surface area contributed by atoms with Crippen LogP contribution in [0.4, 0.5) is 5.69 Å². The first-order chi connectivity index (χ1) is 8.33. The summed E-state index contributed by atoms with van der Waals surface area (Å²) in [5.41, 5.74) is 0.876. The lowest BCUT2D eigenvalue weighted by Gasteiger charge is -2.28. The van der Waals surface area contributed by atoms with E-state index >= 15 is 0 Å². The number of carboxylic acid groups (broad SMARTS) is 1. The molecule has 1 N–H and O–H groups in total. The lowest BCUT2D eigenvalue weighted by atomic mass is 10.2. The molecule has 18 heavy (non-hydrogen) atoms. The molecule has 0 radical (unpaired) electrons. The van der Waals surface area contributed by atoms with Gasteiger partial charge in [-0.3, -0.25) is 4.79 Å². The fourth-order valence-electron chi connectivity index (χ4n) is 1.86. The summed E-state index contributed by atoms with van der Waals surface area (Å²) in [4.78, 5) is 23.2. The average molecular weight is 269 g/mol. The first-order valence-electron chi connectivity index (χ1n) is 5.21. The second-order valence-electron chi connectivity index (χ2n) is 4.05. The Kier molecular flexibility index (Phi) is 2.86. The highest BCUT2D eigenvalue weighted by atomic mass is 32.2. The Morgan fingerprint density at radius 3 is 2.61 bits per heavy atom. The maximum atomic E-state index is 11.9. The fourth-order valence-corrected chi connectivity index (χ4v) is 3.37. The van der Waals surface area contributed by atoms with Gasteiger partial charge in [0.1, 0.15) is 0 Å². The lowest BCUT2D eigenvalue weighted by Crippen LogP contribution is -2.43. The molecule has 96 valence electrons. The van der Waals surface area contributed by atoms with Crippen molar-refractivity contribution in [3.63, 3.8) is 0 Å². The van der Waals surface area contributed by atoms with Gasteiger partial charge in [0.2, 0.25) is 0 Å². The second kappa shape index (κ2) is 4.09. The monoisotopic (exact) mass is 269 g/mol. The molecule has 0 spiro atoms. The van der Waals surface area contributed by atoms with Crippen molar-refractivity contribution in [1.82, 2.24) is 0 Å². The number of carbonyl (C=O) groups excluding carboxylic acids is 1. The number of amides is 1. The van der Waals surface area contributed by atoms with Crippen molar-refractivity contribution in [2.45, 2.75) is 11.8 Å². The van der Waals surface area contributed by atoms with Crippen LogP contribution < -0.4 is 4.90 Å². The number of hydrogen-bond donors (Lipinski definition) is 1. The van der Waals surface area contributed by atoms with E-state index in [0.717, 1.165) is 10.5 Å². The number of rotatable bonds is 0. The van der Waals surface area contributed by atoms with Crippen LogP contribution in [0.5, 0.6) is 0 Å². The van der Waals surface area contributed by atoms with E-state index in [2.05, 4.69) is 0 Å². The summed E-state index contributed by atoms with van der Waals surface area (Å²) in [6.45, 7) is 1.59. The zero-order valence-corrected chi connectivity index (χ0v) is 10.4. The standard InChI is InChI=1S/C11H11NO5S/c1-7-2-3-8-9(6-7)18(16,17)5-4-12(8)10(13)11(14)15/h2-3,6H,4-5H2,1H3,(H,14,15).